The molecule has 0 spiro atoms. The van der Waals surface area contributed by atoms with Crippen LogP contribution in [0.4, 0.5) is 0 Å². The van der Waals surface area contributed by atoms with Crippen molar-refractivity contribution in [1.29, 1.82) is 0 Å². The second kappa shape index (κ2) is 2.71. The van der Waals surface area contributed by atoms with Crippen LogP contribution in [0.25, 0.3) is 0 Å². The zero-order valence-corrected chi connectivity index (χ0v) is 7.34. The summed E-state index contributed by atoms with van der Waals surface area (Å²) in [6.45, 7) is 3.33. The summed E-state index contributed by atoms with van der Waals surface area (Å²) >= 11 is 0. The number of fused-ring (bicyclic) bond motifs is 1. The standard InChI is InChI=1S/C10H14O2/c1-10(11)4-2-8-3-5-12-7-9(8)6-10/h2,6,11H,3-5,7H2,1H3. The van der Waals surface area contributed by atoms with Gasteiger partial charge in [-0.25, -0.2) is 0 Å². The van der Waals surface area contributed by atoms with Crippen molar-refractivity contribution in [3.05, 3.63) is 23.3 Å². The molecular formula is C10H14O2. The molecule has 0 radical (unpaired) electrons. The number of rotatable bonds is 0. The monoisotopic (exact) mass is 166 g/mol. The summed E-state index contributed by atoms with van der Waals surface area (Å²) in [5.74, 6) is 0. The molecule has 1 saturated heterocycles. The van der Waals surface area contributed by atoms with E-state index in [2.05, 4.69) is 6.08 Å². The topological polar surface area (TPSA) is 29.5 Å². The molecule has 2 rings (SSSR count). The van der Waals surface area contributed by atoms with Gasteiger partial charge in [-0.15, -0.1) is 0 Å². The lowest BCUT2D eigenvalue weighted by Gasteiger charge is -2.28. The average Bonchev–Trinajstić information content (AvgIpc) is 2.02. The lowest BCUT2D eigenvalue weighted by molar-refractivity contribution is 0.102. The zero-order chi connectivity index (χ0) is 8.60. The molecule has 0 aromatic rings. The first kappa shape index (κ1) is 8.02. The summed E-state index contributed by atoms with van der Waals surface area (Å²) in [5.41, 5.74) is 1.89. The fraction of sp³-hybridized carbons (Fsp3) is 0.600. The normalized spacial score (nSPS) is 35.2. The Kier molecular flexibility index (Phi) is 1.81. The van der Waals surface area contributed by atoms with Gasteiger partial charge in [-0.05, 0) is 37.0 Å². The number of hydrogen-bond acceptors (Lipinski definition) is 2. The second-order valence-electron chi connectivity index (χ2n) is 3.76. The molecule has 1 N–H and O–H groups in total. The van der Waals surface area contributed by atoms with Gasteiger partial charge >= 0.3 is 0 Å². The predicted molar refractivity (Wildman–Crippen MR) is 46.8 cm³/mol. The van der Waals surface area contributed by atoms with Crippen LogP contribution in [-0.4, -0.2) is 23.9 Å². The summed E-state index contributed by atoms with van der Waals surface area (Å²) in [4.78, 5) is 0. The van der Waals surface area contributed by atoms with Crippen LogP contribution in [0.15, 0.2) is 23.3 Å². The van der Waals surface area contributed by atoms with Gasteiger partial charge in [0.1, 0.15) is 0 Å². The molecule has 12 heavy (non-hydrogen) atoms. The molecule has 1 unspecified atom stereocenters. The Labute approximate surface area is 72.5 Å². The van der Waals surface area contributed by atoms with Gasteiger partial charge in [0.15, 0.2) is 0 Å². The summed E-state index contributed by atoms with van der Waals surface area (Å²) < 4.78 is 5.31. The average molecular weight is 166 g/mol. The Morgan fingerprint density at radius 3 is 3.17 bits per heavy atom. The highest BCUT2D eigenvalue weighted by molar-refractivity contribution is 5.38. The Morgan fingerprint density at radius 1 is 1.50 bits per heavy atom. The summed E-state index contributed by atoms with van der Waals surface area (Å²) in [5, 5.41) is 9.74. The lowest BCUT2D eigenvalue weighted by atomic mass is 9.86. The van der Waals surface area contributed by atoms with Crippen LogP contribution in [0.5, 0.6) is 0 Å². The van der Waals surface area contributed by atoms with E-state index in [0.717, 1.165) is 19.4 Å². The minimum Gasteiger partial charge on any atom is -0.386 e. The van der Waals surface area contributed by atoms with E-state index in [9.17, 15) is 5.11 Å². The lowest BCUT2D eigenvalue weighted by Crippen LogP contribution is -2.26. The smallest absolute Gasteiger partial charge is 0.0840 e. The molecule has 2 heteroatoms. The molecule has 0 aromatic carbocycles. The third-order valence-corrected chi connectivity index (χ3v) is 2.43. The molecular weight excluding hydrogens is 152 g/mol. The van der Waals surface area contributed by atoms with Crippen LogP contribution in [0.2, 0.25) is 0 Å². The van der Waals surface area contributed by atoms with E-state index >= 15 is 0 Å². The molecule has 1 fully saturated rings. The maximum Gasteiger partial charge on any atom is 0.0840 e. The van der Waals surface area contributed by atoms with E-state index in [1.54, 1.807) is 0 Å². The number of hydrogen-bond donors (Lipinski definition) is 1. The first-order valence-electron chi connectivity index (χ1n) is 4.39. The van der Waals surface area contributed by atoms with Crippen LogP contribution in [0, 0.1) is 0 Å². The van der Waals surface area contributed by atoms with Crippen molar-refractivity contribution < 1.29 is 9.84 Å². The summed E-state index contributed by atoms with van der Waals surface area (Å²) in [6.07, 6.45) is 5.81. The van der Waals surface area contributed by atoms with Gasteiger partial charge in [0, 0.05) is 0 Å². The van der Waals surface area contributed by atoms with Crippen molar-refractivity contribution >= 4 is 0 Å². The first-order chi connectivity index (χ1) is 5.67. The summed E-state index contributed by atoms with van der Waals surface area (Å²) in [7, 11) is 0. The van der Waals surface area contributed by atoms with Crippen molar-refractivity contribution in [2.75, 3.05) is 13.2 Å². The van der Waals surface area contributed by atoms with Gasteiger partial charge in [0.25, 0.3) is 0 Å². The van der Waals surface area contributed by atoms with Gasteiger partial charge < -0.3 is 9.84 Å². The SMILES string of the molecule is CC1(O)C=C2COCCC2=CC1. The van der Waals surface area contributed by atoms with Crippen molar-refractivity contribution in [2.45, 2.75) is 25.4 Å². The van der Waals surface area contributed by atoms with E-state index in [1.807, 2.05) is 13.0 Å². The quantitative estimate of drug-likeness (QED) is 0.589. The van der Waals surface area contributed by atoms with Gasteiger partial charge in [0.2, 0.25) is 0 Å². The Morgan fingerprint density at radius 2 is 2.33 bits per heavy atom. The van der Waals surface area contributed by atoms with E-state index in [-0.39, 0.29) is 0 Å². The molecule has 2 aliphatic rings. The Balaban J connectivity index is 2.24. The fourth-order valence-corrected chi connectivity index (χ4v) is 1.75. The first-order valence-corrected chi connectivity index (χ1v) is 4.39. The highest BCUT2D eigenvalue weighted by atomic mass is 16.5. The van der Waals surface area contributed by atoms with Gasteiger partial charge in [0.05, 0.1) is 18.8 Å². The van der Waals surface area contributed by atoms with Crippen molar-refractivity contribution in [1.82, 2.24) is 0 Å². The molecule has 1 aliphatic heterocycles. The third kappa shape index (κ3) is 1.45. The van der Waals surface area contributed by atoms with Crippen LogP contribution >= 0.6 is 0 Å². The van der Waals surface area contributed by atoms with E-state index in [1.165, 1.54) is 11.1 Å². The maximum atomic E-state index is 9.74. The predicted octanol–water partition coefficient (Wildman–Crippen LogP) is 1.41. The fourth-order valence-electron chi connectivity index (χ4n) is 1.75. The molecule has 0 bridgehead atoms. The molecule has 1 atom stereocenters. The minimum atomic E-state index is -0.653. The minimum absolute atomic E-state index is 0.653. The molecule has 1 aliphatic carbocycles. The van der Waals surface area contributed by atoms with Gasteiger partial charge in [-0.3, -0.25) is 0 Å². The van der Waals surface area contributed by atoms with Crippen LogP contribution in [-0.2, 0) is 4.74 Å². The van der Waals surface area contributed by atoms with Crippen LogP contribution in [0.3, 0.4) is 0 Å². The van der Waals surface area contributed by atoms with Crippen molar-refractivity contribution in [3.63, 3.8) is 0 Å². The van der Waals surface area contributed by atoms with E-state index in [4.69, 9.17) is 4.74 Å². The highest BCUT2D eigenvalue weighted by Gasteiger charge is 2.24. The summed E-state index contributed by atoms with van der Waals surface area (Å²) in [6, 6.07) is 0. The molecule has 0 saturated carbocycles. The number of aliphatic hydroxyl groups is 1. The molecule has 0 amide bonds. The second-order valence-corrected chi connectivity index (χ2v) is 3.76. The molecule has 1 heterocycles. The third-order valence-electron chi connectivity index (χ3n) is 2.43. The highest BCUT2D eigenvalue weighted by Crippen LogP contribution is 2.30. The van der Waals surface area contributed by atoms with Gasteiger partial charge in [-0.2, -0.15) is 0 Å². The Hall–Kier alpha value is -0.600. The molecule has 66 valence electrons. The van der Waals surface area contributed by atoms with Crippen molar-refractivity contribution in [2.24, 2.45) is 0 Å². The van der Waals surface area contributed by atoms with Crippen LogP contribution in [0.1, 0.15) is 19.8 Å². The van der Waals surface area contributed by atoms with Gasteiger partial charge in [-0.1, -0.05) is 6.08 Å². The van der Waals surface area contributed by atoms with E-state index < -0.39 is 5.60 Å². The van der Waals surface area contributed by atoms with E-state index in [0.29, 0.717) is 6.61 Å². The van der Waals surface area contributed by atoms with Crippen molar-refractivity contribution in [3.8, 4) is 0 Å². The zero-order valence-electron chi connectivity index (χ0n) is 7.34. The maximum absolute atomic E-state index is 9.74. The van der Waals surface area contributed by atoms with Crippen LogP contribution < -0.4 is 0 Å². The molecule has 0 aromatic heterocycles. The Bertz CT molecular complexity index is 249. The molecule has 2 nitrogen and oxygen atoms in total. The largest absolute Gasteiger partial charge is 0.386 e. The number of ether oxygens (including phenoxy) is 1.